The minimum absolute atomic E-state index is 0.0977. The Hall–Kier alpha value is -1.84. The summed E-state index contributed by atoms with van der Waals surface area (Å²) in [4.78, 5) is 17.4. The van der Waals surface area contributed by atoms with Crippen LogP contribution in [-0.4, -0.2) is 17.1 Å². The molecule has 0 atom stereocenters. The van der Waals surface area contributed by atoms with Crippen LogP contribution >= 0.6 is 23.1 Å². The second-order valence-corrected chi connectivity index (χ2v) is 6.25. The first-order valence-corrected chi connectivity index (χ1v) is 7.97. The van der Waals surface area contributed by atoms with Crippen molar-refractivity contribution in [3.05, 3.63) is 40.4 Å². The van der Waals surface area contributed by atoms with E-state index >= 15 is 0 Å². The summed E-state index contributed by atoms with van der Waals surface area (Å²) >= 11 is 3.12. The Balaban J connectivity index is 2.05. The van der Waals surface area contributed by atoms with Crippen molar-refractivity contribution in [3.63, 3.8) is 0 Å². The fraction of sp³-hybridized carbons (Fsp3) is 0.214. The molecular weight excluding hydrogens is 290 g/mol. The van der Waals surface area contributed by atoms with Crippen LogP contribution in [0.25, 0.3) is 0 Å². The molecule has 0 aliphatic rings. The summed E-state index contributed by atoms with van der Waals surface area (Å²) in [6.07, 6.45) is 2.27. The number of hydrogen-bond donors (Lipinski definition) is 1. The number of aromatic nitrogens is 1. The number of anilines is 1. The maximum absolute atomic E-state index is 12.0. The average molecular weight is 303 g/mol. The molecule has 0 unspecified atom stereocenters. The van der Waals surface area contributed by atoms with Gasteiger partial charge in [0, 0.05) is 10.6 Å². The van der Waals surface area contributed by atoms with Crippen LogP contribution in [0.15, 0.2) is 28.6 Å². The van der Waals surface area contributed by atoms with Gasteiger partial charge in [0.15, 0.2) is 0 Å². The average Bonchev–Trinajstić information content (AvgIpc) is 2.79. The summed E-state index contributed by atoms with van der Waals surface area (Å²) in [5.74, 6) is -0.0977. The summed E-state index contributed by atoms with van der Waals surface area (Å²) < 4.78 is 0.969. The third kappa shape index (κ3) is 3.59. The molecule has 0 spiro atoms. The molecule has 0 radical (unpaired) electrons. The molecule has 0 bridgehead atoms. The van der Waals surface area contributed by atoms with Gasteiger partial charge in [-0.3, -0.25) is 4.79 Å². The van der Waals surface area contributed by atoms with E-state index in [-0.39, 0.29) is 5.91 Å². The maximum Gasteiger partial charge on any atom is 0.229 e. The number of nitriles is 1. The van der Waals surface area contributed by atoms with Crippen LogP contribution < -0.4 is 5.32 Å². The molecule has 1 amide bonds. The number of hydrogen-bond acceptors (Lipinski definition) is 5. The van der Waals surface area contributed by atoms with Gasteiger partial charge in [-0.05, 0) is 31.4 Å². The third-order valence-corrected chi connectivity index (χ3v) is 4.79. The number of amides is 1. The third-order valence-electron chi connectivity index (χ3n) is 2.64. The number of thiazole rings is 1. The maximum atomic E-state index is 12.0. The lowest BCUT2D eigenvalue weighted by atomic mass is 10.2. The van der Waals surface area contributed by atoms with Gasteiger partial charge in [0.1, 0.15) is 4.34 Å². The van der Waals surface area contributed by atoms with Crippen molar-refractivity contribution >= 4 is 34.7 Å². The molecule has 4 nitrogen and oxygen atoms in total. The Kier molecular flexibility index (Phi) is 4.77. The second-order valence-electron chi connectivity index (χ2n) is 4.11. The number of thioether (sulfide) groups is 1. The summed E-state index contributed by atoms with van der Waals surface area (Å²) in [5, 5.41) is 11.6. The predicted octanol–water partition coefficient (Wildman–Crippen LogP) is 3.23. The number of nitrogens with zero attached hydrogens (tertiary/aromatic N) is 2. The Labute approximate surface area is 125 Å². The Morgan fingerprint density at radius 3 is 3.00 bits per heavy atom. The number of carbonyl (C=O) groups excluding carboxylic acids is 1. The van der Waals surface area contributed by atoms with Gasteiger partial charge in [-0.15, -0.1) is 11.3 Å². The molecule has 1 heterocycles. The number of carbonyl (C=O) groups is 1. The van der Waals surface area contributed by atoms with Crippen molar-refractivity contribution in [2.45, 2.75) is 17.7 Å². The molecule has 0 aliphatic heterocycles. The first-order valence-electron chi connectivity index (χ1n) is 5.92. The Bertz CT molecular complexity index is 673. The number of benzene rings is 1. The summed E-state index contributed by atoms with van der Waals surface area (Å²) in [5.41, 5.74) is 2.07. The van der Waals surface area contributed by atoms with Crippen molar-refractivity contribution in [2.24, 2.45) is 0 Å². The monoisotopic (exact) mass is 303 g/mol. The molecule has 20 heavy (non-hydrogen) atoms. The van der Waals surface area contributed by atoms with Gasteiger partial charge in [0.2, 0.25) is 5.91 Å². The van der Waals surface area contributed by atoms with Crippen LogP contribution in [0.1, 0.15) is 16.1 Å². The summed E-state index contributed by atoms with van der Waals surface area (Å²) in [6, 6.07) is 8.93. The fourth-order valence-electron chi connectivity index (χ4n) is 1.67. The molecule has 2 rings (SSSR count). The van der Waals surface area contributed by atoms with Crippen LogP contribution in [0.2, 0.25) is 0 Å². The number of rotatable bonds is 4. The zero-order valence-electron chi connectivity index (χ0n) is 11.1. The molecule has 1 aromatic carbocycles. The molecule has 1 aromatic heterocycles. The van der Waals surface area contributed by atoms with E-state index < -0.39 is 0 Å². The van der Waals surface area contributed by atoms with E-state index in [1.54, 1.807) is 47.4 Å². The Morgan fingerprint density at radius 1 is 1.55 bits per heavy atom. The normalized spacial score (nSPS) is 10.1. The molecule has 0 saturated carbocycles. The van der Waals surface area contributed by atoms with E-state index in [4.69, 9.17) is 5.26 Å². The van der Waals surface area contributed by atoms with Crippen molar-refractivity contribution in [1.82, 2.24) is 4.98 Å². The standard InChI is InChI=1S/C14H13N3OS2/c1-9-12(20-14(16-9)19-2)7-13(18)17-11-5-3-4-10(6-11)8-15/h3-6H,7H2,1-2H3,(H,17,18). The van der Waals surface area contributed by atoms with Gasteiger partial charge < -0.3 is 5.32 Å². The predicted molar refractivity (Wildman–Crippen MR) is 82.1 cm³/mol. The lowest BCUT2D eigenvalue weighted by Gasteiger charge is -2.04. The van der Waals surface area contributed by atoms with Crippen molar-refractivity contribution < 1.29 is 4.79 Å². The lowest BCUT2D eigenvalue weighted by molar-refractivity contribution is -0.115. The lowest BCUT2D eigenvalue weighted by Crippen LogP contribution is -2.14. The van der Waals surface area contributed by atoms with Crippen molar-refractivity contribution in [3.8, 4) is 6.07 Å². The van der Waals surface area contributed by atoms with Gasteiger partial charge in [-0.2, -0.15) is 5.26 Å². The van der Waals surface area contributed by atoms with Crippen LogP contribution in [-0.2, 0) is 11.2 Å². The van der Waals surface area contributed by atoms with E-state index in [1.807, 2.05) is 19.2 Å². The highest BCUT2D eigenvalue weighted by molar-refractivity contribution is 8.00. The SMILES string of the molecule is CSc1nc(C)c(CC(=O)Nc2cccc(C#N)c2)s1. The minimum Gasteiger partial charge on any atom is -0.326 e. The van der Waals surface area contributed by atoms with Gasteiger partial charge in [0.25, 0.3) is 0 Å². The van der Waals surface area contributed by atoms with Gasteiger partial charge >= 0.3 is 0 Å². The van der Waals surface area contributed by atoms with Crippen molar-refractivity contribution in [2.75, 3.05) is 11.6 Å². The van der Waals surface area contributed by atoms with Gasteiger partial charge in [0.05, 0.1) is 23.7 Å². The smallest absolute Gasteiger partial charge is 0.229 e. The largest absolute Gasteiger partial charge is 0.326 e. The zero-order valence-corrected chi connectivity index (χ0v) is 12.8. The second kappa shape index (κ2) is 6.55. The van der Waals surface area contributed by atoms with E-state index in [2.05, 4.69) is 10.3 Å². The summed E-state index contributed by atoms with van der Waals surface area (Å²) in [6.45, 7) is 1.91. The topological polar surface area (TPSA) is 65.8 Å². The highest BCUT2D eigenvalue weighted by Gasteiger charge is 2.11. The van der Waals surface area contributed by atoms with Crippen molar-refractivity contribution in [1.29, 1.82) is 5.26 Å². The zero-order chi connectivity index (χ0) is 14.5. The van der Waals surface area contributed by atoms with Gasteiger partial charge in [-0.25, -0.2) is 4.98 Å². The van der Waals surface area contributed by atoms with E-state index in [0.717, 1.165) is 14.9 Å². The molecule has 0 aliphatic carbocycles. The quantitative estimate of drug-likeness (QED) is 0.881. The molecule has 2 aromatic rings. The first-order chi connectivity index (χ1) is 9.62. The molecule has 6 heteroatoms. The molecular formula is C14H13N3OS2. The Morgan fingerprint density at radius 2 is 2.35 bits per heavy atom. The highest BCUT2D eigenvalue weighted by Crippen LogP contribution is 2.25. The van der Waals surface area contributed by atoms with E-state index in [0.29, 0.717) is 17.7 Å². The number of nitrogens with one attached hydrogen (secondary N) is 1. The van der Waals surface area contributed by atoms with Gasteiger partial charge in [-0.1, -0.05) is 17.8 Å². The van der Waals surface area contributed by atoms with E-state index in [1.165, 1.54) is 0 Å². The van der Waals surface area contributed by atoms with Crippen LogP contribution in [0.5, 0.6) is 0 Å². The van der Waals surface area contributed by atoms with E-state index in [9.17, 15) is 4.79 Å². The molecule has 102 valence electrons. The molecule has 0 saturated heterocycles. The molecule has 1 N–H and O–H groups in total. The van der Waals surface area contributed by atoms with Crippen LogP contribution in [0, 0.1) is 18.3 Å². The summed E-state index contributed by atoms with van der Waals surface area (Å²) in [7, 11) is 0. The van der Waals surface area contributed by atoms with Crippen LogP contribution in [0.4, 0.5) is 5.69 Å². The highest BCUT2D eigenvalue weighted by atomic mass is 32.2. The first kappa shape index (κ1) is 14.6. The fourth-order valence-corrected chi connectivity index (χ4v) is 3.32. The number of aryl methyl sites for hydroxylation is 1. The minimum atomic E-state index is -0.0977. The molecule has 0 fully saturated rings. The van der Waals surface area contributed by atoms with Crippen LogP contribution in [0.3, 0.4) is 0 Å².